The molecule has 0 aliphatic rings. The molecule has 0 aliphatic carbocycles. The summed E-state index contributed by atoms with van der Waals surface area (Å²) in [4.78, 5) is 22.4. The lowest BCUT2D eigenvalue weighted by Gasteiger charge is -2.21. The minimum absolute atomic E-state index is 0.150. The lowest BCUT2D eigenvalue weighted by Crippen LogP contribution is -2.36. The Morgan fingerprint density at radius 1 is 1.46 bits per heavy atom. The molecule has 1 amide bonds. The number of hydrogen-bond donors (Lipinski definition) is 2. The number of nitrogens with zero attached hydrogens (tertiary/aromatic N) is 1. The molecular formula is C8H13NO4. The van der Waals surface area contributed by atoms with Crippen molar-refractivity contribution in [1.82, 2.24) is 4.90 Å². The Morgan fingerprint density at radius 2 is 2.00 bits per heavy atom. The van der Waals surface area contributed by atoms with E-state index in [-0.39, 0.29) is 12.6 Å². The predicted octanol–water partition coefficient (Wildman–Crippen LogP) is -0.534. The number of amides is 1. The molecule has 0 saturated carbocycles. The van der Waals surface area contributed by atoms with Gasteiger partial charge in [0.05, 0.1) is 12.6 Å². The highest BCUT2D eigenvalue weighted by molar-refractivity contribution is 5.93. The summed E-state index contributed by atoms with van der Waals surface area (Å²) in [6, 6.07) is -0.314. The van der Waals surface area contributed by atoms with Crippen LogP contribution in [0.4, 0.5) is 0 Å². The van der Waals surface area contributed by atoms with Crippen LogP contribution in [0.1, 0.15) is 6.92 Å². The minimum Gasteiger partial charge on any atom is -0.478 e. The molecule has 0 rings (SSSR count). The van der Waals surface area contributed by atoms with E-state index in [0.29, 0.717) is 0 Å². The molecule has 1 unspecified atom stereocenters. The Kier molecular flexibility index (Phi) is 4.76. The fourth-order valence-corrected chi connectivity index (χ4v) is 0.600. The molecule has 74 valence electrons. The lowest BCUT2D eigenvalue weighted by molar-refractivity contribution is -0.132. The predicted molar refractivity (Wildman–Crippen MR) is 46.1 cm³/mol. The zero-order chi connectivity index (χ0) is 10.4. The number of hydrogen-bond acceptors (Lipinski definition) is 3. The van der Waals surface area contributed by atoms with Gasteiger partial charge in [-0.2, -0.15) is 0 Å². The van der Waals surface area contributed by atoms with Crippen LogP contribution in [-0.4, -0.2) is 46.7 Å². The summed E-state index contributed by atoms with van der Waals surface area (Å²) in [6.07, 6.45) is 1.72. The van der Waals surface area contributed by atoms with Crippen molar-refractivity contribution in [2.75, 3.05) is 13.7 Å². The first-order chi connectivity index (χ1) is 5.99. The second kappa shape index (κ2) is 5.31. The van der Waals surface area contributed by atoms with Gasteiger partial charge in [0, 0.05) is 19.2 Å². The van der Waals surface area contributed by atoms with Gasteiger partial charge in [-0.3, -0.25) is 4.79 Å². The molecule has 0 bridgehead atoms. The van der Waals surface area contributed by atoms with Crippen LogP contribution in [0.2, 0.25) is 0 Å². The maximum atomic E-state index is 11.1. The number of rotatable bonds is 4. The van der Waals surface area contributed by atoms with Gasteiger partial charge in [0.2, 0.25) is 5.91 Å². The first-order valence-electron chi connectivity index (χ1n) is 3.77. The van der Waals surface area contributed by atoms with E-state index in [1.165, 1.54) is 11.9 Å². The third-order valence-electron chi connectivity index (χ3n) is 1.64. The summed E-state index contributed by atoms with van der Waals surface area (Å²) in [5.41, 5.74) is 0. The fourth-order valence-electron chi connectivity index (χ4n) is 0.600. The average Bonchev–Trinajstić information content (AvgIpc) is 2.11. The maximum absolute atomic E-state index is 11.1. The number of likely N-dealkylation sites (N-methyl/N-ethyl adjacent to an activating group) is 1. The molecule has 0 fully saturated rings. The van der Waals surface area contributed by atoms with Crippen molar-refractivity contribution in [1.29, 1.82) is 0 Å². The number of carbonyl (C=O) groups excluding carboxylic acids is 1. The fraction of sp³-hybridized carbons (Fsp3) is 0.500. The highest BCUT2D eigenvalue weighted by Gasteiger charge is 2.11. The molecule has 0 aromatic carbocycles. The molecule has 0 saturated heterocycles. The highest BCUT2D eigenvalue weighted by atomic mass is 16.4. The molecule has 0 aliphatic heterocycles. The monoisotopic (exact) mass is 187 g/mol. The lowest BCUT2D eigenvalue weighted by atomic mass is 10.3. The molecule has 0 aromatic heterocycles. The number of aliphatic hydroxyl groups is 1. The number of carbonyl (C=O) groups is 2. The van der Waals surface area contributed by atoms with Crippen molar-refractivity contribution >= 4 is 11.9 Å². The van der Waals surface area contributed by atoms with Crippen molar-refractivity contribution in [3.8, 4) is 0 Å². The second-order valence-corrected chi connectivity index (χ2v) is 2.65. The van der Waals surface area contributed by atoms with Crippen molar-refractivity contribution < 1.29 is 19.8 Å². The van der Waals surface area contributed by atoms with Crippen LogP contribution in [0.25, 0.3) is 0 Å². The van der Waals surface area contributed by atoms with Gasteiger partial charge in [-0.15, -0.1) is 0 Å². The number of carboxylic acid groups (broad SMARTS) is 1. The van der Waals surface area contributed by atoms with Crippen LogP contribution in [0.15, 0.2) is 12.2 Å². The SMILES string of the molecule is CC(CO)N(C)C(=O)/C=C/C(=O)O. The Balaban J connectivity index is 4.19. The molecule has 5 heteroatoms. The van der Waals surface area contributed by atoms with Crippen molar-refractivity contribution in [2.24, 2.45) is 0 Å². The summed E-state index contributed by atoms with van der Waals surface area (Å²) in [5.74, 6) is -1.61. The average molecular weight is 187 g/mol. The largest absolute Gasteiger partial charge is 0.478 e. The first kappa shape index (κ1) is 11.6. The van der Waals surface area contributed by atoms with Crippen molar-refractivity contribution in [3.63, 3.8) is 0 Å². The molecule has 0 heterocycles. The molecule has 0 aromatic rings. The van der Waals surface area contributed by atoms with Crippen molar-refractivity contribution in [3.05, 3.63) is 12.2 Å². The van der Waals surface area contributed by atoms with Gasteiger partial charge >= 0.3 is 5.97 Å². The minimum atomic E-state index is -1.17. The summed E-state index contributed by atoms with van der Waals surface area (Å²) in [6.45, 7) is 1.51. The van der Waals surface area contributed by atoms with Gasteiger partial charge < -0.3 is 15.1 Å². The van der Waals surface area contributed by atoms with E-state index in [2.05, 4.69) is 0 Å². The van der Waals surface area contributed by atoms with Gasteiger partial charge in [-0.05, 0) is 6.92 Å². The maximum Gasteiger partial charge on any atom is 0.328 e. The number of carboxylic acids is 1. The third-order valence-corrected chi connectivity index (χ3v) is 1.64. The third kappa shape index (κ3) is 4.27. The van der Waals surface area contributed by atoms with Crippen LogP contribution in [0.5, 0.6) is 0 Å². The van der Waals surface area contributed by atoms with Crippen LogP contribution in [0.3, 0.4) is 0 Å². The van der Waals surface area contributed by atoms with E-state index in [9.17, 15) is 9.59 Å². The molecular weight excluding hydrogens is 174 g/mol. The molecule has 5 nitrogen and oxygen atoms in total. The molecule has 1 atom stereocenters. The molecule has 2 N–H and O–H groups in total. The second-order valence-electron chi connectivity index (χ2n) is 2.65. The van der Waals surface area contributed by atoms with E-state index in [1.807, 2.05) is 0 Å². The van der Waals surface area contributed by atoms with Crippen LogP contribution < -0.4 is 0 Å². The standard InChI is InChI=1S/C8H13NO4/c1-6(5-10)9(2)7(11)3-4-8(12)13/h3-4,6,10H,5H2,1-2H3,(H,12,13)/b4-3+. The van der Waals surface area contributed by atoms with E-state index >= 15 is 0 Å². The summed E-state index contributed by atoms with van der Waals surface area (Å²) in [7, 11) is 1.50. The van der Waals surface area contributed by atoms with Gasteiger partial charge in [0.25, 0.3) is 0 Å². The zero-order valence-electron chi connectivity index (χ0n) is 7.60. The van der Waals surface area contributed by atoms with Crippen LogP contribution in [-0.2, 0) is 9.59 Å². The van der Waals surface area contributed by atoms with E-state index in [4.69, 9.17) is 10.2 Å². The van der Waals surface area contributed by atoms with Crippen LogP contribution in [0, 0.1) is 0 Å². The van der Waals surface area contributed by atoms with E-state index in [1.54, 1.807) is 6.92 Å². The number of aliphatic hydroxyl groups excluding tert-OH is 1. The first-order valence-corrected chi connectivity index (χ1v) is 3.77. The Hall–Kier alpha value is -1.36. The van der Waals surface area contributed by atoms with E-state index in [0.717, 1.165) is 12.2 Å². The highest BCUT2D eigenvalue weighted by Crippen LogP contribution is 1.95. The van der Waals surface area contributed by atoms with E-state index < -0.39 is 11.9 Å². The quantitative estimate of drug-likeness (QED) is 0.580. The topological polar surface area (TPSA) is 77.8 Å². The molecule has 13 heavy (non-hydrogen) atoms. The normalized spacial score (nSPS) is 12.8. The summed E-state index contributed by atoms with van der Waals surface area (Å²) in [5, 5.41) is 16.9. The summed E-state index contributed by atoms with van der Waals surface area (Å²) < 4.78 is 0. The van der Waals surface area contributed by atoms with Gasteiger partial charge in [0.15, 0.2) is 0 Å². The summed E-state index contributed by atoms with van der Waals surface area (Å²) >= 11 is 0. The molecule has 0 spiro atoms. The Labute approximate surface area is 76.3 Å². The Bertz CT molecular complexity index is 224. The van der Waals surface area contributed by atoms with Gasteiger partial charge in [-0.1, -0.05) is 0 Å². The molecule has 0 radical (unpaired) electrons. The van der Waals surface area contributed by atoms with Gasteiger partial charge in [-0.25, -0.2) is 4.79 Å². The smallest absolute Gasteiger partial charge is 0.328 e. The van der Waals surface area contributed by atoms with Gasteiger partial charge in [0.1, 0.15) is 0 Å². The van der Waals surface area contributed by atoms with Crippen LogP contribution >= 0.6 is 0 Å². The Morgan fingerprint density at radius 3 is 2.38 bits per heavy atom. The van der Waals surface area contributed by atoms with Crippen molar-refractivity contribution in [2.45, 2.75) is 13.0 Å². The zero-order valence-corrected chi connectivity index (χ0v) is 7.60. The number of aliphatic carboxylic acids is 1.